The zero-order valence-corrected chi connectivity index (χ0v) is 16.9. The predicted octanol–water partition coefficient (Wildman–Crippen LogP) is 4.57. The number of nitrogens with one attached hydrogen (secondary N) is 2. The number of fused-ring (bicyclic) bond motifs is 1. The lowest BCUT2D eigenvalue weighted by atomic mass is 10.0. The fourth-order valence-corrected chi connectivity index (χ4v) is 4.22. The third-order valence-electron chi connectivity index (χ3n) is 5.73. The number of benzene rings is 2. The second kappa shape index (κ2) is 8.38. The van der Waals surface area contributed by atoms with Crippen LogP contribution in [0, 0.1) is 6.92 Å². The molecule has 4 nitrogen and oxygen atoms in total. The van der Waals surface area contributed by atoms with Crippen molar-refractivity contribution in [3.8, 4) is 0 Å². The third-order valence-corrected chi connectivity index (χ3v) is 5.99. The number of aromatic amines is 1. The molecule has 0 saturated carbocycles. The van der Waals surface area contributed by atoms with E-state index in [1.165, 1.54) is 22.2 Å². The van der Waals surface area contributed by atoms with Crippen molar-refractivity contribution in [2.24, 2.45) is 0 Å². The molecule has 0 atom stereocenters. The van der Waals surface area contributed by atoms with Gasteiger partial charge in [-0.1, -0.05) is 29.8 Å². The Kier molecular flexibility index (Phi) is 5.69. The van der Waals surface area contributed by atoms with Crippen molar-refractivity contribution in [1.82, 2.24) is 15.2 Å². The zero-order chi connectivity index (χ0) is 19.5. The number of aromatic nitrogens is 1. The number of hydrogen-bond donors (Lipinski definition) is 2. The topological polar surface area (TPSA) is 48.1 Å². The number of piperidine rings is 1. The first-order chi connectivity index (χ1) is 13.6. The number of carbonyl (C=O) groups excluding carboxylic acids is 1. The molecule has 1 amide bonds. The van der Waals surface area contributed by atoms with Gasteiger partial charge in [-0.2, -0.15) is 0 Å². The Bertz CT molecular complexity index is 956. The molecular weight excluding hydrogens is 370 g/mol. The van der Waals surface area contributed by atoms with Gasteiger partial charge >= 0.3 is 0 Å². The molecule has 2 heterocycles. The van der Waals surface area contributed by atoms with Gasteiger partial charge in [-0.25, -0.2) is 0 Å². The normalized spacial score (nSPS) is 15.8. The highest BCUT2D eigenvalue weighted by molar-refractivity contribution is 6.30. The molecule has 28 heavy (non-hydrogen) atoms. The van der Waals surface area contributed by atoms with Crippen LogP contribution >= 0.6 is 11.6 Å². The molecule has 5 heteroatoms. The SMILES string of the molecule is Cc1[nH]c2ccccc2c1CCN1CCC(NC(=O)c2ccc(Cl)cc2)CC1. The summed E-state index contributed by atoms with van der Waals surface area (Å²) in [6, 6.07) is 15.8. The molecule has 1 aromatic heterocycles. The lowest BCUT2D eigenvalue weighted by Gasteiger charge is -2.32. The molecule has 4 rings (SSSR count). The lowest BCUT2D eigenvalue weighted by Crippen LogP contribution is -2.45. The highest BCUT2D eigenvalue weighted by atomic mass is 35.5. The van der Waals surface area contributed by atoms with E-state index in [2.05, 4.69) is 46.4 Å². The van der Waals surface area contributed by atoms with Crippen LogP contribution in [0.5, 0.6) is 0 Å². The van der Waals surface area contributed by atoms with Crippen molar-refractivity contribution in [1.29, 1.82) is 0 Å². The quantitative estimate of drug-likeness (QED) is 0.665. The molecule has 2 N–H and O–H groups in total. The number of halogens is 1. The van der Waals surface area contributed by atoms with Gasteiger partial charge in [0, 0.05) is 52.9 Å². The van der Waals surface area contributed by atoms with Crippen molar-refractivity contribution >= 4 is 28.4 Å². The van der Waals surface area contributed by atoms with Crippen molar-refractivity contribution in [2.45, 2.75) is 32.2 Å². The van der Waals surface area contributed by atoms with Crippen LogP contribution < -0.4 is 5.32 Å². The van der Waals surface area contributed by atoms with Crippen LogP contribution in [0.4, 0.5) is 0 Å². The molecule has 0 spiro atoms. The van der Waals surface area contributed by atoms with E-state index in [0.29, 0.717) is 10.6 Å². The van der Waals surface area contributed by atoms with Crippen LogP contribution in [-0.2, 0) is 6.42 Å². The second-order valence-corrected chi connectivity index (χ2v) is 8.06. The minimum absolute atomic E-state index is 0.00969. The van der Waals surface area contributed by atoms with Gasteiger partial charge in [-0.05, 0) is 62.1 Å². The van der Waals surface area contributed by atoms with E-state index in [9.17, 15) is 4.79 Å². The molecule has 1 aliphatic rings. The first-order valence-electron chi connectivity index (χ1n) is 9.95. The minimum Gasteiger partial charge on any atom is -0.358 e. The zero-order valence-electron chi connectivity index (χ0n) is 16.2. The number of hydrogen-bond acceptors (Lipinski definition) is 2. The van der Waals surface area contributed by atoms with Gasteiger partial charge in [0.1, 0.15) is 0 Å². The van der Waals surface area contributed by atoms with Crippen LogP contribution in [0.3, 0.4) is 0 Å². The number of carbonyl (C=O) groups is 1. The first kappa shape index (κ1) is 19.0. The summed E-state index contributed by atoms with van der Waals surface area (Å²) in [5.41, 5.74) is 4.58. The van der Waals surface area contributed by atoms with Crippen molar-refractivity contribution in [2.75, 3.05) is 19.6 Å². The number of nitrogens with zero attached hydrogens (tertiary/aromatic N) is 1. The fourth-order valence-electron chi connectivity index (χ4n) is 4.10. The number of amides is 1. The minimum atomic E-state index is -0.00969. The van der Waals surface area contributed by atoms with Crippen LogP contribution in [0.2, 0.25) is 5.02 Å². The smallest absolute Gasteiger partial charge is 0.251 e. The van der Waals surface area contributed by atoms with E-state index in [-0.39, 0.29) is 11.9 Å². The fraction of sp³-hybridized carbons (Fsp3) is 0.348. The number of H-pyrrole nitrogens is 1. The Morgan fingerprint density at radius 3 is 2.61 bits per heavy atom. The van der Waals surface area contributed by atoms with Gasteiger partial charge in [-0.3, -0.25) is 4.79 Å². The Labute approximate surface area is 170 Å². The van der Waals surface area contributed by atoms with Gasteiger partial charge in [0.15, 0.2) is 0 Å². The first-order valence-corrected chi connectivity index (χ1v) is 10.3. The number of likely N-dealkylation sites (tertiary alicyclic amines) is 1. The van der Waals surface area contributed by atoms with Crippen molar-refractivity contribution in [3.63, 3.8) is 0 Å². The number of para-hydroxylation sites is 1. The largest absolute Gasteiger partial charge is 0.358 e. The highest BCUT2D eigenvalue weighted by Gasteiger charge is 2.21. The van der Waals surface area contributed by atoms with Gasteiger partial charge in [0.05, 0.1) is 0 Å². The average molecular weight is 396 g/mol. The summed E-state index contributed by atoms with van der Waals surface area (Å²) in [5.74, 6) is -0.00969. The van der Waals surface area contributed by atoms with E-state index in [1.54, 1.807) is 24.3 Å². The van der Waals surface area contributed by atoms with E-state index in [4.69, 9.17) is 11.6 Å². The Morgan fingerprint density at radius 1 is 1.14 bits per heavy atom. The Morgan fingerprint density at radius 2 is 1.86 bits per heavy atom. The highest BCUT2D eigenvalue weighted by Crippen LogP contribution is 2.23. The maximum absolute atomic E-state index is 12.4. The van der Waals surface area contributed by atoms with Gasteiger partial charge < -0.3 is 15.2 Å². The van der Waals surface area contributed by atoms with E-state index in [0.717, 1.165) is 38.9 Å². The molecule has 1 saturated heterocycles. The Hall–Kier alpha value is -2.30. The van der Waals surface area contributed by atoms with Crippen molar-refractivity contribution in [3.05, 3.63) is 70.4 Å². The van der Waals surface area contributed by atoms with Crippen LogP contribution in [0.1, 0.15) is 34.5 Å². The maximum Gasteiger partial charge on any atom is 0.251 e. The molecule has 0 unspecified atom stereocenters. The molecule has 3 aromatic rings. The maximum atomic E-state index is 12.4. The van der Waals surface area contributed by atoms with Gasteiger partial charge in [0.25, 0.3) is 5.91 Å². The molecule has 0 aliphatic carbocycles. The monoisotopic (exact) mass is 395 g/mol. The summed E-state index contributed by atoms with van der Waals surface area (Å²) in [4.78, 5) is 18.4. The molecule has 2 aromatic carbocycles. The lowest BCUT2D eigenvalue weighted by molar-refractivity contribution is 0.0911. The van der Waals surface area contributed by atoms with Crippen LogP contribution in [-0.4, -0.2) is 41.5 Å². The summed E-state index contributed by atoms with van der Waals surface area (Å²) >= 11 is 5.89. The van der Waals surface area contributed by atoms with Crippen molar-refractivity contribution < 1.29 is 4.79 Å². The van der Waals surface area contributed by atoms with Crippen LogP contribution in [0.25, 0.3) is 10.9 Å². The van der Waals surface area contributed by atoms with Gasteiger partial charge in [0.2, 0.25) is 0 Å². The van der Waals surface area contributed by atoms with E-state index < -0.39 is 0 Å². The molecule has 0 bridgehead atoms. The summed E-state index contributed by atoms with van der Waals surface area (Å²) in [5, 5.41) is 5.15. The summed E-state index contributed by atoms with van der Waals surface area (Å²) in [6.07, 6.45) is 3.04. The predicted molar refractivity (Wildman–Crippen MR) is 115 cm³/mol. The molecule has 0 radical (unpaired) electrons. The average Bonchev–Trinajstić information content (AvgIpc) is 3.03. The molecule has 146 valence electrons. The van der Waals surface area contributed by atoms with E-state index >= 15 is 0 Å². The van der Waals surface area contributed by atoms with Crippen LogP contribution in [0.15, 0.2) is 48.5 Å². The summed E-state index contributed by atoms with van der Waals surface area (Å²) in [6.45, 7) is 5.26. The summed E-state index contributed by atoms with van der Waals surface area (Å²) < 4.78 is 0. The standard InChI is InChI=1S/C23H26ClN3O/c1-16-20(21-4-2-3-5-22(21)25-16)12-15-27-13-10-19(11-14-27)26-23(28)17-6-8-18(24)9-7-17/h2-9,19,25H,10-15H2,1H3,(H,26,28). The molecule has 1 aliphatic heterocycles. The molecule has 1 fully saturated rings. The second-order valence-electron chi connectivity index (χ2n) is 7.62. The summed E-state index contributed by atoms with van der Waals surface area (Å²) in [7, 11) is 0. The number of rotatable bonds is 5. The third kappa shape index (κ3) is 4.23. The van der Waals surface area contributed by atoms with E-state index in [1.807, 2.05) is 0 Å². The van der Waals surface area contributed by atoms with Gasteiger partial charge in [-0.15, -0.1) is 0 Å². The number of aryl methyl sites for hydroxylation is 1. The molecular formula is C23H26ClN3O. The Balaban J connectivity index is 1.28.